The van der Waals surface area contributed by atoms with Crippen LogP contribution in [0.2, 0.25) is 5.02 Å². The molecule has 1 atom stereocenters. The lowest BCUT2D eigenvalue weighted by Crippen LogP contribution is -2.43. The van der Waals surface area contributed by atoms with Crippen molar-refractivity contribution in [2.45, 2.75) is 37.6 Å². The molecule has 1 N–H and O–H groups in total. The second kappa shape index (κ2) is 8.11. The predicted octanol–water partition coefficient (Wildman–Crippen LogP) is 3.76. The normalized spacial score (nSPS) is 17.5. The van der Waals surface area contributed by atoms with Gasteiger partial charge in [-0.3, -0.25) is 4.79 Å². The molecule has 1 amide bonds. The van der Waals surface area contributed by atoms with Gasteiger partial charge in [-0.15, -0.1) is 0 Å². The standard InChI is InChI=1S/C20H23ClN2O4S/c1-13-6-8-16(27-3)12-19(13)28(25,26)23-10-4-5-18(23)20(24)22-17-9-7-15(21)11-14(17)2/h6-9,11-12,18H,4-5,10H2,1-3H3,(H,22,24)/t18-/m1/s1. The SMILES string of the molecule is COc1ccc(C)c(S(=O)(=O)N2CCC[C@@H]2C(=O)Nc2ccc(Cl)cc2C)c1. The van der Waals surface area contributed by atoms with Crippen LogP contribution in [0, 0.1) is 13.8 Å². The Hall–Kier alpha value is -2.09. The number of sulfonamides is 1. The molecule has 0 saturated carbocycles. The fourth-order valence-corrected chi connectivity index (χ4v) is 5.51. The van der Waals surface area contributed by atoms with E-state index in [4.69, 9.17) is 16.3 Å². The van der Waals surface area contributed by atoms with Gasteiger partial charge in [-0.25, -0.2) is 8.42 Å². The third kappa shape index (κ3) is 4.01. The van der Waals surface area contributed by atoms with Crippen molar-refractivity contribution in [1.29, 1.82) is 0 Å². The molecule has 1 saturated heterocycles. The van der Waals surface area contributed by atoms with E-state index in [1.165, 1.54) is 17.5 Å². The maximum absolute atomic E-state index is 13.3. The summed E-state index contributed by atoms with van der Waals surface area (Å²) < 4.78 is 33.0. The van der Waals surface area contributed by atoms with Crippen molar-refractivity contribution in [3.63, 3.8) is 0 Å². The van der Waals surface area contributed by atoms with E-state index < -0.39 is 16.1 Å². The third-order valence-corrected chi connectivity index (χ3v) is 7.22. The molecule has 3 rings (SSSR count). The van der Waals surface area contributed by atoms with Crippen LogP contribution < -0.4 is 10.1 Å². The largest absolute Gasteiger partial charge is 0.497 e. The minimum atomic E-state index is -3.83. The van der Waals surface area contributed by atoms with Crippen LogP contribution in [-0.4, -0.2) is 38.3 Å². The van der Waals surface area contributed by atoms with Gasteiger partial charge in [0.1, 0.15) is 11.8 Å². The van der Waals surface area contributed by atoms with Gasteiger partial charge in [0, 0.05) is 23.3 Å². The number of carbonyl (C=O) groups excluding carboxylic acids is 1. The lowest BCUT2D eigenvalue weighted by atomic mass is 10.1. The summed E-state index contributed by atoms with van der Waals surface area (Å²) in [5.74, 6) is 0.119. The summed E-state index contributed by atoms with van der Waals surface area (Å²) in [6, 6.07) is 9.31. The maximum Gasteiger partial charge on any atom is 0.244 e. The zero-order chi connectivity index (χ0) is 20.5. The number of methoxy groups -OCH3 is 1. The second-order valence-corrected chi connectivity index (χ2v) is 9.15. The highest BCUT2D eigenvalue weighted by Gasteiger charge is 2.40. The van der Waals surface area contributed by atoms with Crippen molar-refractivity contribution >= 4 is 33.2 Å². The summed E-state index contributed by atoms with van der Waals surface area (Å²) in [4.78, 5) is 13.0. The first-order chi connectivity index (χ1) is 13.2. The Morgan fingerprint density at radius 3 is 2.61 bits per heavy atom. The number of hydrogen-bond donors (Lipinski definition) is 1. The highest BCUT2D eigenvalue weighted by molar-refractivity contribution is 7.89. The number of rotatable bonds is 5. The molecular formula is C20H23ClN2O4S. The number of nitrogens with zero attached hydrogens (tertiary/aromatic N) is 1. The number of aryl methyl sites for hydroxylation is 2. The van der Waals surface area contributed by atoms with Crippen molar-refractivity contribution in [1.82, 2.24) is 4.31 Å². The Bertz CT molecular complexity index is 1010. The van der Waals surface area contributed by atoms with Crippen LogP contribution in [-0.2, 0) is 14.8 Å². The zero-order valence-electron chi connectivity index (χ0n) is 16.0. The molecule has 0 aromatic heterocycles. The fourth-order valence-electron chi connectivity index (χ4n) is 3.38. The van der Waals surface area contributed by atoms with E-state index in [0.717, 1.165) is 5.56 Å². The number of carbonyl (C=O) groups is 1. The highest BCUT2D eigenvalue weighted by atomic mass is 35.5. The van der Waals surface area contributed by atoms with Gasteiger partial charge in [0.05, 0.1) is 12.0 Å². The molecule has 0 radical (unpaired) electrons. The Morgan fingerprint density at radius 2 is 1.93 bits per heavy atom. The van der Waals surface area contributed by atoms with Crippen LogP contribution in [0.4, 0.5) is 5.69 Å². The zero-order valence-corrected chi connectivity index (χ0v) is 17.6. The lowest BCUT2D eigenvalue weighted by Gasteiger charge is -2.24. The molecule has 1 aliphatic rings. The summed E-state index contributed by atoms with van der Waals surface area (Å²) in [5, 5.41) is 3.42. The summed E-state index contributed by atoms with van der Waals surface area (Å²) >= 11 is 5.96. The van der Waals surface area contributed by atoms with Crippen LogP contribution in [0.3, 0.4) is 0 Å². The van der Waals surface area contributed by atoms with Gasteiger partial charge < -0.3 is 10.1 Å². The first-order valence-electron chi connectivity index (χ1n) is 8.97. The van der Waals surface area contributed by atoms with Gasteiger partial charge in [-0.05, 0) is 62.1 Å². The average Bonchev–Trinajstić information content (AvgIpc) is 3.15. The molecule has 8 heteroatoms. The molecule has 1 aliphatic heterocycles. The number of ether oxygens (including phenoxy) is 1. The van der Waals surface area contributed by atoms with Crippen molar-refractivity contribution in [3.8, 4) is 5.75 Å². The number of halogens is 1. The van der Waals surface area contributed by atoms with Crippen molar-refractivity contribution in [2.24, 2.45) is 0 Å². The Balaban J connectivity index is 1.88. The van der Waals surface area contributed by atoms with Crippen LogP contribution in [0.1, 0.15) is 24.0 Å². The van der Waals surface area contributed by atoms with Crippen LogP contribution in [0.5, 0.6) is 5.75 Å². The number of hydrogen-bond acceptors (Lipinski definition) is 4. The van der Waals surface area contributed by atoms with E-state index in [2.05, 4.69) is 5.32 Å². The molecule has 1 heterocycles. The summed E-state index contributed by atoms with van der Waals surface area (Å²) in [5.41, 5.74) is 2.05. The first-order valence-corrected chi connectivity index (χ1v) is 10.8. The topological polar surface area (TPSA) is 75.7 Å². The minimum absolute atomic E-state index is 0.161. The maximum atomic E-state index is 13.3. The smallest absolute Gasteiger partial charge is 0.244 e. The second-order valence-electron chi connectivity index (χ2n) is 6.85. The Morgan fingerprint density at radius 1 is 1.18 bits per heavy atom. The lowest BCUT2D eigenvalue weighted by molar-refractivity contribution is -0.119. The molecule has 28 heavy (non-hydrogen) atoms. The van der Waals surface area contributed by atoms with Crippen LogP contribution >= 0.6 is 11.6 Å². The summed E-state index contributed by atoms with van der Waals surface area (Å²) in [6.07, 6.45) is 1.10. The monoisotopic (exact) mass is 422 g/mol. The molecular weight excluding hydrogens is 400 g/mol. The highest BCUT2D eigenvalue weighted by Crippen LogP contribution is 2.31. The molecule has 0 bridgehead atoms. The van der Waals surface area contributed by atoms with Gasteiger partial charge in [-0.1, -0.05) is 17.7 Å². The number of nitrogens with one attached hydrogen (secondary N) is 1. The van der Waals surface area contributed by atoms with E-state index in [1.807, 2.05) is 6.92 Å². The van der Waals surface area contributed by atoms with Gasteiger partial charge in [0.2, 0.25) is 15.9 Å². The molecule has 0 spiro atoms. The van der Waals surface area contributed by atoms with E-state index in [9.17, 15) is 13.2 Å². The summed E-state index contributed by atoms with van der Waals surface area (Å²) in [7, 11) is -2.35. The number of anilines is 1. The molecule has 2 aromatic carbocycles. The molecule has 0 unspecified atom stereocenters. The molecule has 6 nitrogen and oxygen atoms in total. The third-order valence-electron chi connectivity index (χ3n) is 4.93. The van der Waals surface area contributed by atoms with E-state index in [0.29, 0.717) is 41.4 Å². The predicted molar refractivity (Wildman–Crippen MR) is 109 cm³/mol. The average molecular weight is 423 g/mol. The Kier molecular flexibility index (Phi) is 5.98. The van der Waals surface area contributed by atoms with Crippen molar-refractivity contribution in [2.75, 3.05) is 19.0 Å². The molecule has 2 aromatic rings. The molecule has 1 fully saturated rings. The van der Waals surface area contributed by atoms with Crippen LogP contribution in [0.15, 0.2) is 41.3 Å². The number of benzene rings is 2. The van der Waals surface area contributed by atoms with Crippen molar-refractivity contribution in [3.05, 3.63) is 52.5 Å². The van der Waals surface area contributed by atoms with Crippen LogP contribution in [0.25, 0.3) is 0 Å². The first kappa shape index (κ1) is 20.6. The minimum Gasteiger partial charge on any atom is -0.497 e. The van der Waals surface area contributed by atoms with E-state index >= 15 is 0 Å². The Labute approximate surface area is 170 Å². The molecule has 150 valence electrons. The van der Waals surface area contributed by atoms with Gasteiger partial charge in [-0.2, -0.15) is 4.31 Å². The van der Waals surface area contributed by atoms with Gasteiger partial charge in [0.25, 0.3) is 0 Å². The summed E-state index contributed by atoms with van der Waals surface area (Å²) in [6.45, 7) is 3.87. The fraction of sp³-hybridized carbons (Fsp3) is 0.350. The quantitative estimate of drug-likeness (QED) is 0.796. The van der Waals surface area contributed by atoms with E-state index in [1.54, 1.807) is 37.3 Å². The van der Waals surface area contributed by atoms with Gasteiger partial charge >= 0.3 is 0 Å². The van der Waals surface area contributed by atoms with E-state index in [-0.39, 0.29) is 10.8 Å². The van der Waals surface area contributed by atoms with Gasteiger partial charge in [0.15, 0.2) is 0 Å². The molecule has 0 aliphatic carbocycles. The van der Waals surface area contributed by atoms with Crippen molar-refractivity contribution < 1.29 is 17.9 Å². The number of amides is 1.